The van der Waals surface area contributed by atoms with Gasteiger partial charge in [0.05, 0.1) is 10.6 Å². The normalized spacial score (nSPS) is 12.0. The predicted molar refractivity (Wildman–Crippen MR) is 171 cm³/mol. The topological polar surface area (TPSA) is 86.8 Å². The van der Waals surface area contributed by atoms with Crippen LogP contribution in [0.4, 0.5) is 10.1 Å². The van der Waals surface area contributed by atoms with Crippen molar-refractivity contribution in [3.05, 3.63) is 131 Å². The van der Waals surface area contributed by atoms with Crippen LogP contribution in [0.15, 0.2) is 108 Å². The summed E-state index contributed by atoms with van der Waals surface area (Å²) in [6.45, 7) is 6.94. The number of amides is 2. The molecule has 0 saturated heterocycles. The quantitative estimate of drug-likeness (QED) is 0.218. The first-order valence-electron chi connectivity index (χ1n) is 14.5. The van der Waals surface area contributed by atoms with Gasteiger partial charge >= 0.3 is 0 Å². The molecule has 1 N–H and O–H groups in total. The third kappa shape index (κ3) is 8.32. The van der Waals surface area contributed by atoms with Gasteiger partial charge in [0.2, 0.25) is 11.8 Å². The van der Waals surface area contributed by atoms with E-state index < -0.39 is 34.3 Å². The number of benzene rings is 4. The first-order valence-corrected chi connectivity index (χ1v) is 15.9. The fraction of sp³-hybridized carbons (Fsp3) is 0.257. The summed E-state index contributed by atoms with van der Waals surface area (Å²) in [7, 11) is -4.25. The van der Waals surface area contributed by atoms with Gasteiger partial charge in [-0.25, -0.2) is 12.8 Å². The largest absolute Gasteiger partial charge is 0.352 e. The number of sulfonamides is 1. The van der Waals surface area contributed by atoms with Crippen molar-refractivity contribution in [1.82, 2.24) is 10.2 Å². The number of nitrogens with one attached hydrogen (secondary N) is 1. The molecule has 0 unspecified atom stereocenters. The molecule has 0 saturated carbocycles. The van der Waals surface area contributed by atoms with E-state index in [1.54, 1.807) is 12.1 Å². The van der Waals surface area contributed by atoms with E-state index in [1.807, 2.05) is 82.3 Å². The maximum Gasteiger partial charge on any atom is 0.264 e. The lowest BCUT2D eigenvalue weighted by atomic mass is 10.0. The van der Waals surface area contributed by atoms with Crippen molar-refractivity contribution < 1.29 is 22.4 Å². The zero-order valence-electron chi connectivity index (χ0n) is 25.4. The van der Waals surface area contributed by atoms with Gasteiger partial charge in [-0.2, -0.15) is 0 Å². The molecule has 0 aliphatic rings. The second-order valence-corrected chi connectivity index (χ2v) is 13.0. The van der Waals surface area contributed by atoms with Gasteiger partial charge in [-0.05, 0) is 75.2 Å². The molecule has 9 heteroatoms. The van der Waals surface area contributed by atoms with Gasteiger partial charge in [0.1, 0.15) is 18.4 Å². The van der Waals surface area contributed by atoms with Gasteiger partial charge < -0.3 is 10.2 Å². The number of hydrogen-bond donors (Lipinski definition) is 1. The Bertz CT molecular complexity index is 1680. The fourth-order valence-corrected chi connectivity index (χ4v) is 6.33. The zero-order chi connectivity index (χ0) is 31.9. The number of carbonyl (C=O) groups is 2. The van der Waals surface area contributed by atoms with Crippen LogP contribution >= 0.6 is 0 Å². The lowest BCUT2D eigenvalue weighted by Gasteiger charge is -2.34. The number of anilines is 1. The van der Waals surface area contributed by atoms with E-state index in [9.17, 15) is 22.4 Å². The van der Waals surface area contributed by atoms with Crippen LogP contribution in [0.25, 0.3) is 0 Å². The smallest absolute Gasteiger partial charge is 0.264 e. The molecule has 7 nitrogen and oxygen atoms in total. The average Bonchev–Trinajstić information content (AvgIpc) is 2.98. The molecule has 0 spiro atoms. The molecule has 0 radical (unpaired) electrons. The summed E-state index contributed by atoms with van der Waals surface area (Å²) in [4.78, 5) is 29.6. The van der Waals surface area contributed by atoms with Gasteiger partial charge in [-0.3, -0.25) is 13.9 Å². The summed E-state index contributed by atoms with van der Waals surface area (Å²) >= 11 is 0. The molecule has 1 atom stereocenters. The number of aryl methyl sites for hydroxylation is 2. The van der Waals surface area contributed by atoms with Crippen LogP contribution in [0, 0.1) is 19.7 Å². The number of hydrogen-bond acceptors (Lipinski definition) is 4. The number of nitrogens with zero attached hydrogens (tertiary/aromatic N) is 2. The maximum absolute atomic E-state index is 14.4. The van der Waals surface area contributed by atoms with Crippen molar-refractivity contribution in [2.24, 2.45) is 0 Å². The highest BCUT2D eigenvalue weighted by atomic mass is 32.2. The molecule has 2 amide bonds. The van der Waals surface area contributed by atoms with Gasteiger partial charge in [-0.1, -0.05) is 77.9 Å². The third-order valence-electron chi connectivity index (χ3n) is 7.14. The van der Waals surface area contributed by atoms with Crippen LogP contribution in [0.1, 0.15) is 36.1 Å². The molecular formula is C35H38FN3O4S. The Morgan fingerprint density at radius 2 is 1.43 bits per heavy atom. The van der Waals surface area contributed by atoms with E-state index in [2.05, 4.69) is 5.32 Å². The number of carbonyl (C=O) groups excluding carboxylic acids is 2. The Balaban J connectivity index is 1.80. The minimum Gasteiger partial charge on any atom is -0.352 e. The molecule has 0 aliphatic carbocycles. The Labute approximate surface area is 259 Å². The molecule has 230 valence electrons. The highest BCUT2D eigenvalue weighted by Gasteiger charge is 2.34. The first-order chi connectivity index (χ1) is 20.9. The van der Waals surface area contributed by atoms with Crippen LogP contribution < -0.4 is 9.62 Å². The van der Waals surface area contributed by atoms with Gasteiger partial charge in [0.25, 0.3) is 10.0 Å². The lowest BCUT2D eigenvalue weighted by molar-refractivity contribution is -0.140. The highest BCUT2D eigenvalue weighted by Crippen LogP contribution is 2.26. The Morgan fingerprint density at radius 1 is 0.795 bits per heavy atom. The monoisotopic (exact) mass is 615 g/mol. The van der Waals surface area contributed by atoms with Crippen molar-refractivity contribution in [3.8, 4) is 0 Å². The standard InChI is InChI=1S/C35H38FN3O4S/c1-25(2)37-35(41)33(22-28-10-6-5-7-11-28)38(23-29-12-8-9-27(4)21-29)34(40)24-39(31-17-15-30(36)16-18-31)44(42,43)32-19-13-26(3)14-20-32/h5-21,25,33H,22-24H2,1-4H3,(H,37,41)/t33-/m1/s1. The maximum atomic E-state index is 14.4. The van der Waals surface area contributed by atoms with Gasteiger partial charge in [0, 0.05) is 19.0 Å². The summed E-state index contributed by atoms with van der Waals surface area (Å²) < 4.78 is 42.9. The molecule has 4 aromatic rings. The van der Waals surface area contributed by atoms with E-state index >= 15 is 0 Å². The van der Waals surface area contributed by atoms with Crippen molar-refractivity contribution in [3.63, 3.8) is 0 Å². The minimum atomic E-state index is -4.25. The van der Waals surface area contributed by atoms with Crippen LogP contribution in [-0.2, 0) is 32.6 Å². The van der Waals surface area contributed by atoms with Gasteiger partial charge in [0.15, 0.2) is 0 Å². The molecule has 0 aromatic heterocycles. The summed E-state index contributed by atoms with van der Waals surface area (Å²) in [5, 5.41) is 2.94. The van der Waals surface area contributed by atoms with Crippen LogP contribution in [0.3, 0.4) is 0 Å². The SMILES string of the molecule is Cc1ccc(S(=O)(=O)N(CC(=O)N(Cc2cccc(C)c2)[C@H](Cc2ccccc2)C(=O)NC(C)C)c2ccc(F)cc2)cc1. The molecule has 0 heterocycles. The predicted octanol–water partition coefficient (Wildman–Crippen LogP) is 5.80. The summed E-state index contributed by atoms with van der Waals surface area (Å²) in [6, 6.07) is 27.1. The Morgan fingerprint density at radius 3 is 2.05 bits per heavy atom. The highest BCUT2D eigenvalue weighted by molar-refractivity contribution is 7.92. The Hall–Kier alpha value is -4.50. The van der Waals surface area contributed by atoms with Crippen LogP contribution in [-0.4, -0.2) is 43.8 Å². The van der Waals surface area contributed by atoms with Crippen LogP contribution in [0.5, 0.6) is 0 Å². The van der Waals surface area contributed by atoms with E-state index in [0.717, 1.165) is 38.7 Å². The lowest BCUT2D eigenvalue weighted by Crippen LogP contribution is -2.54. The van der Waals surface area contributed by atoms with Gasteiger partial charge in [-0.15, -0.1) is 0 Å². The molecular weight excluding hydrogens is 577 g/mol. The number of rotatable bonds is 12. The molecule has 0 bridgehead atoms. The Kier molecular flexibility index (Phi) is 10.5. The first kappa shape index (κ1) is 32.4. The van der Waals surface area contributed by atoms with Crippen LogP contribution in [0.2, 0.25) is 0 Å². The second-order valence-electron chi connectivity index (χ2n) is 11.2. The van der Waals surface area contributed by atoms with E-state index in [-0.39, 0.29) is 35.5 Å². The fourth-order valence-electron chi connectivity index (χ4n) is 4.92. The summed E-state index contributed by atoms with van der Waals surface area (Å²) in [5.41, 5.74) is 3.63. The molecule has 4 rings (SSSR count). The second kappa shape index (κ2) is 14.3. The molecule has 0 aliphatic heterocycles. The molecule has 44 heavy (non-hydrogen) atoms. The van der Waals surface area contributed by atoms with Crippen molar-refractivity contribution >= 4 is 27.5 Å². The van der Waals surface area contributed by atoms with Crippen molar-refractivity contribution in [2.45, 2.75) is 57.6 Å². The number of halogens is 1. The summed E-state index contributed by atoms with van der Waals surface area (Å²) in [5.74, 6) is -1.46. The van der Waals surface area contributed by atoms with Crippen molar-refractivity contribution in [1.29, 1.82) is 0 Å². The average molecular weight is 616 g/mol. The molecule has 4 aromatic carbocycles. The van der Waals surface area contributed by atoms with Crippen molar-refractivity contribution in [2.75, 3.05) is 10.8 Å². The van der Waals surface area contributed by atoms with E-state index in [4.69, 9.17) is 0 Å². The van der Waals surface area contributed by atoms with E-state index in [1.165, 1.54) is 29.2 Å². The zero-order valence-corrected chi connectivity index (χ0v) is 26.2. The minimum absolute atomic E-state index is 0.0103. The molecule has 0 fully saturated rings. The van der Waals surface area contributed by atoms with E-state index in [0.29, 0.717) is 0 Å². The summed E-state index contributed by atoms with van der Waals surface area (Å²) in [6.07, 6.45) is 0.220. The third-order valence-corrected chi connectivity index (χ3v) is 8.93.